The van der Waals surface area contributed by atoms with Crippen LogP contribution in [-0.2, 0) is 4.74 Å². The van der Waals surface area contributed by atoms with E-state index >= 15 is 0 Å². The highest BCUT2D eigenvalue weighted by molar-refractivity contribution is 5.85. The fourth-order valence-corrected chi connectivity index (χ4v) is 3.69. The molecule has 4 rings (SSSR count). The molecule has 2 aromatic heterocycles. The van der Waals surface area contributed by atoms with Gasteiger partial charge in [-0.15, -0.1) is 6.42 Å². The van der Waals surface area contributed by atoms with Crippen LogP contribution in [-0.4, -0.2) is 78.0 Å². The lowest BCUT2D eigenvalue weighted by Crippen LogP contribution is -2.39. The van der Waals surface area contributed by atoms with Crippen molar-refractivity contribution in [2.24, 2.45) is 0 Å². The fraction of sp³-hybridized carbons (Fsp3) is 0.409. The average Bonchev–Trinajstić information content (AvgIpc) is 3.15. The summed E-state index contributed by atoms with van der Waals surface area (Å²) >= 11 is 0. The highest BCUT2D eigenvalue weighted by Gasteiger charge is 2.18. The molecule has 9 heteroatoms. The molecule has 0 radical (unpaired) electrons. The van der Waals surface area contributed by atoms with Crippen molar-refractivity contribution < 1.29 is 14.2 Å². The van der Waals surface area contributed by atoms with Crippen LogP contribution in [0.15, 0.2) is 18.2 Å². The van der Waals surface area contributed by atoms with Gasteiger partial charge < -0.3 is 19.5 Å². The molecule has 0 spiro atoms. The second-order valence-electron chi connectivity index (χ2n) is 7.13. The molecule has 0 bridgehead atoms. The van der Waals surface area contributed by atoms with Gasteiger partial charge in [-0.05, 0) is 25.0 Å². The Bertz CT molecular complexity index is 1110. The molecule has 1 saturated heterocycles. The largest absolute Gasteiger partial charge is 0.493 e. The van der Waals surface area contributed by atoms with E-state index in [4.69, 9.17) is 25.6 Å². The molecule has 0 aliphatic carbocycles. The zero-order valence-electron chi connectivity index (χ0n) is 18.0. The van der Waals surface area contributed by atoms with E-state index in [1.165, 1.54) is 0 Å². The predicted molar refractivity (Wildman–Crippen MR) is 118 cm³/mol. The minimum Gasteiger partial charge on any atom is -0.493 e. The van der Waals surface area contributed by atoms with Crippen LogP contribution >= 0.6 is 0 Å². The Morgan fingerprint density at radius 2 is 1.90 bits per heavy atom. The van der Waals surface area contributed by atoms with Gasteiger partial charge in [-0.25, -0.2) is 15.0 Å². The standard InChI is InChI=1S/C22H26N6O3/c1-5-19-25-21(23-8-9-27-10-12-31-13-11-27)20-22(26-19)28(15(2)24-20)16-6-7-17(29-3)18(14-16)30-4/h1,6-7,14H,8-13H2,2-4H3,(H,23,25,26). The number of imidazole rings is 1. The van der Waals surface area contributed by atoms with Crippen molar-refractivity contribution >= 4 is 17.0 Å². The second-order valence-corrected chi connectivity index (χ2v) is 7.13. The van der Waals surface area contributed by atoms with Gasteiger partial charge in [-0.1, -0.05) is 0 Å². The van der Waals surface area contributed by atoms with Crippen LogP contribution in [0.3, 0.4) is 0 Å². The van der Waals surface area contributed by atoms with Crippen LogP contribution in [0.5, 0.6) is 11.5 Å². The predicted octanol–water partition coefficient (Wildman–Crippen LogP) is 1.87. The van der Waals surface area contributed by atoms with Crippen LogP contribution in [0.4, 0.5) is 5.82 Å². The van der Waals surface area contributed by atoms with Gasteiger partial charge >= 0.3 is 0 Å². The first-order chi connectivity index (χ1) is 15.1. The quantitative estimate of drug-likeness (QED) is 0.578. The summed E-state index contributed by atoms with van der Waals surface area (Å²) in [4.78, 5) is 16.1. The summed E-state index contributed by atoms with van der Waals surface area (Å²) in [5, 5.41) is 3.39. The highest BCUT2D eigenvalue weighted by atomic mass is 16.5. The van der Waals surface area contributed by atoms with Crippen LogP contribution in [0.2, 0.25) is 0 Å². The van der Waals surface area contributed by atoms with Crippen LogP contribution in [0, 0.1) is 19.3 Å². The van der Waals surface area contributed by atoms with Gasteiger partial charge in [0.25, 0.3) is 0 Å². The highest BCUT2D eigenvalue weighted by Crippen LogP contribution is 2.31. The number of hydrogen-bond acceptors (Lipinski definition) is 8. The summed E-state index contributed by atoms with van der Waals surface area (Å²) < 4.78 is 18.2. The minimum atomic E-state index is 0.308. The van der Waals surface area contributed by atoms with E-state index in [2.05, 4.69) is 26.1 Å². The number of anilines is 1. The summed E-state index contributed by atoms with van der Waals surface area (Å²) in [5.41, 5.74) is 2.16. The number of benzene rings is 1. The van der Waals surface area contributed by atoms with Crippen LogP contribution < -0.4 is 14.8 Å². The van der Waals surface area contributed by atoms with Gasteiger partial charge in [0, 0.05) is 32.2 Å². The maximum absolute atomic E-state index is 5.64. The number of hydrogen-bond donors (Lipinski definition) is 1. The van der Waals surface area contributed by atoms with E-state index in [1.54, 1.807) is 14.2 Å². The molecule has 162 valence electrons. The molecular weight excluding hydrogens is 396 g/mol. The number of methoxy groups -OCH3 is 2. The van der Waals surface area contributed by atoms with Crippen LogP contribution in [0.25, 0.3) is 16.9 Å². The van der Waals surface area contributed by atoms with Gasteiger partial charge in [0.15, 0.2) is 28.5 Å². The van der Waals surface area contributed by atoms with Crippen molar-refractivity contribution in [3.63, 3.8) is 0 Å². The maximum Gasteiger partial charge on any atom is 0.208 e. The normalized spacial score (nSPS) is 14.4. The molecule has 1 aliphatic heterocycles. The number of nitrogens with zero attached hydrogens (tertiary/aromatic N) is 5. The lowest BCUT2D eigenvalue weighted by atomic mass is 10.2. The number of ether oxygens (including phenoxy) is 3. The minimum absolute atomic E-state index is 0.308. The van der Waals surface area contributed by atoms with Crippen molar-refractivity contribution in [2.45, 2.75) is 6.92 Å². The topological polar surface area (TPSA) is 86.6 Å². The van der Waals surface area contributed by atoms with Crippen LogP contribution in [0.1, 0.15) is 11.6 Å². The molecule has 9 nitrogen and oxygen atoms in total. The Kier molecular flexibility index (Phi) is 6.21. The van der Waals surface area contributed by atoms with Crippen molar-refractivity contribution in [3.8, 4) is 29.5 Å². The third-order valence-electron chi connectivity index (χ3n) is 5.25. The molecule has 3 heterocycles. The number of nitrogens with one attached hydrogen (secondary N) is 1. The molecule has 1 aliphatic rings. The third kappa shape index (κ3) is 4.26. The number of rotatable bonds is 7. The lowest BCUT2D eigenvalue weighted by Gasteiger charge is -2.26. The summed E-state index contributed by atoms with van der Waals surface area (Å²) in [6.45, 7) is 6.94. The number of terminal acetylenes is 1. The Balaban J connectivity index is 1.69. The van der Waals surface area contributed by atoms with Gasteiger partial charge in [0.05, 0.1) is 33.1 Å². The van der Waals surface area contributed by atoms with Gasteiger partial charge in [-0.3, -0.25) is 9.47 Å². The van der Waals surface area contributed by atoms with Crippen molar-refractivity contribution in [1.82, 2.24) is 24.4 Å². The molecule has 3 aromatic rings. The number of fused-ring (bicyclic) bond motifs is 1. The smallest absolute Gasteiger partial charge is 0.208 e. The fourth-order valence-electron chi connectivity index (χ4n) is 3.69. The summed E-state index contributed by atoms with van der Waals surface area (Å²) in [6, 6.07) is 5.67. The summed E-state index contributed by atoms with van der Waals surface area (Å²) in [6.07, 6.45) is 5.64. The molecule has 1 N–H and O–H groups in total. The summed E-state index contributed by atoms with van der Waals surface area (Å²) in [5.74, 6) is 5.53. The number of morpholine rings is 1. The van der Waals surface area contributed by atoms with Gasteiger partial charge in [0.1, 0.15) is 5.82 Å². The second kappa shape index (κ2) is 9.20. The van der Waals surface area contributed by atoms with Crippen molar-refractivity contribution in [2.75, 3.05) is 58.9 Å². The molecule has 0 unspecified atom stereocenters. The van der Waals surface area contributed by atoms with E-state index in [-0.39, 0.29) is 0 Å². The molecule has 0 saturated carbocycles. The molecule has 1 fully saturated rings. The summed E-state index contributed by atoms with van der Waals surface area (Å²) in [7, 11) is 3.21. The Morgan fingerprint density at radius 1 is 1.13 bits per heavy atom. The third-order valence-corrected chi connectivity index (χ3v) is 5.25. The van der Waals surface area contributed by atoms with Crippen molar-refractivity contribution in [3.05, 3.63) is 29.8 Å². The zero-order chi connectivity index (χ0) is 21.8. The first-order valence-corrected chi connectivity index (χ1v) is 10.1. The monoisotopic (exact) mass is 422 g/mol. The van der Waals surface area contributed by atoms with E-state index in [0.29, 0.717) is 34.3 Å². The Morgan fingerprint density at radius 3 is 2.61 bits per heavy atom. The SMILES string of the molecule is C#Cc1nc(NCCN2CCOCC2)c2nc(C)n(-c3ccc(OC)c(OC)c3)c2n1. The van der Waals surface area contributed by atoms with E-state index in [1.807, 2.05) is 29.7 Å². The van der Waals surface area contributed by atoms with Gasteiger partial charge in [-0.2, -0.15) is 0 Å². The first-order valence-electron chi connectivity index (χ1n) is 10.1. The molecular formula is C22H26N6O3. The number of aromatic nitrogens is 4. The molecule has 31 heavy (non-hydrogen) atoms. The van der Waals surface area contributed by atoms with E-state index in [9.17, 15) is 0 Å². The van der Waals surface area contributed by atoms with E-state index < -0.39 is 0 Å². The molecule has 0 amide bonds. The maximum atomic E-state index is 5.64. The average molecular weight is 422 g/mol. The van der Waals surface area contributed by atoms with E-state index in [0.717, 1.165) is 50.9 Å². The van der Waals surface area contributed by atoms with Gasteiger partial charge in [0.2, 0.25) is 5.82 Å². The Hall–Kier alpha value is -3.35. The van der Waals surface area contributed by atoms with Crippen molar-refractivity contribution in [1.29, 1.82) is 0 Å². The zero-order valence-corrected chi connectivity index (χ0v) is 18.0. The first kappa shape index (κ1) is 20.9. The molecule has 1 aromatic carbocycles. The number of aryl methyl sites for hydroxylation is 1. The Labute approximate surface area is 181 Å². The lowest BCUT2D eigenvalue weighted by molar-refractivity contribution is 0.0398. The molecule has 0 atom stereocenters.